The third kappa shape index (κ3) is 2.47. The second-order valence-corrected chi connectivity index (χ2v) is 6.30. The molecule has 5 nitrogen and oxygen atoms in total. The third-order valence-corrected chi connectivity index (χ3v) is 4.59. The molecular formula is C14H17N3O2S. The van der Waals surface area contributed by atoms with Gasteiger partial charge in [0.25, 0.3) is 5.56 Å². The van der Waals surface area contributed by atoms with Crippen molar-refractivity contribution in [3.63, 3.8) is 0 Å². The lowest BCUT2D eigenvalue weighted by Gasteiger charge is -2.31. The number of hydrogen-bond acceptors (Lipinski definition) is 4. The fourth-order valence-corrected chi connectivity index (χ4v) is 3.39. The number of nitrogens with zero attached hydrogens (tertiary/aromatic N) is 3. The summed E-state index contributed by atoms with van der Waals surface area (Å²) in [4.78, 5) is 31.3. The van der Waals surface area contributed by atoms with Crippen molar-refractivity contribution in [2.24, 2.45) is 5.92 Å². The SMILES string of the molecule is CC1CCCN(C(=O)Cn2cnc3sccc3c2=O)C1. The van der Waals surface area contributed by atoms with Crippen molar-refractivity contribution in [3.8, 4) is 0 Å². The standard InChI is InChI=1S/C14H17N3O2S/c1-10-3-2-5-16(7-10)12(18)8-17-9-15-13-11(14(17)19)4-6-20-13/h4,6,9-10H,2-3,5,7-8H2,1H3. The fourth-order valence-electron chi connectivity index (χ4n) is 2.67. The minimum absolute atomic E-state index is 0.00929. The van der Waals surface area contributed by atoms with E-state index in [0.29, 0.717) is 11.3 Å². The minimum Gasteiger partial charge on any atom is -0.341 e. The first-order valence-corrected chi connectivity index (χ1v) is 7.73. The van der Waals surface area contributed by atoms with Gasteiger partial charge in [-0.15, -0.1) is 11.3 Å². The third-order valence-electron chi connectivity index (χ3n) is 3.77. The van der Waals surface area contributed by atoms with E-state index in [1.54, 1.807) is 6.07 Å². The molecule has 0 aliphatic carbocycles. The van der Waals surface area contributed by atoms with Crippen LogP contribution >= 0.6 is 11.3 Å². The number of likely N-dealkylation sites (tertiary alicyclic amines) is 1. The number of hydrogen-bond donors (Lipinski definition) is 0. The van der Waals surface area contributed by atoms with Crippen molar-refractivity contribution < 1.29 is 4.79 Å². The predicted octanol–water partition coefficient (Wildman–Crippen LogP) is 1.72. The molecule has 3 heterocycles. The van der Waals surface area contributed by atoms with E-state index >= 15 is 0 Å². The number of thiophene rings is 1. The summed E-state index contributed by atoms with van der Waals surface area (Å²) in [5.74, 6) is 0.553. The van der Waals surface area contributed by atoms with Crippen LogP contribution in [0.4, 0.5) is 0 Å². The Balaban J connectivity index is 1.80. The molecule has 0 radical (unpaired) electrons. The number of fused-ring (bicyclic) bond motifs is 1. The van der Waals surface area contributed by atoms with Gasteiger partial charge in [0.15, 0.2) is 0 Å². The summed E-state index contributed by atoms with van der Waals surface area (Å²) >= 11 is 1.44. The number of carbonyl (C=O) groups is 1. The summed E-state index contributed by atoms with van der Waals surface area (Å²) in [6.07, 6.45) is 3.70. The highest BCUT2D eigenvalue weighted by atomic mass is 32.1. The highest BCUT2D eigenvalue weighted by molar-refractivity contribution is 7.16. The summed E-state index contributed by atoms with van der Waals surface area (Å²) in [5.41, 5.74) is -0.130. The second-order valence-electron chi connectivity index (χ2n) is 5.40. The van der Waals surface area contributed by atoms with E-state index < -0.39 is 0 Å². The van der Waals surface area contributed by atoms with Crippen molar-refractivity contribution in [2.45, 2.75) is 26.3 Å². The molecule has 0 N–H and O–H groups in total. The van der Waals surface area contributed by atoms with E-state index in [0.717, 1.165) is 24.3 Å². The number of carbonyl (C=O) groups excluding carboxylic acids is 1. The van der Waals surface area contributed by atoms with Gasteiger partial charge in [-0.3, -0.25) is 14.2 Å². The van der Waals surface area contributed by atoms with Crippen molar-refractivity contribution in [3.05, 3.63) is 28.1 Å². The molecule has 1 saturated heterocycles. The van der Waals surface area contributed by atoms with Crippen LogP contribution in [0.15, 0.2) is 22.6 Å². The van der Waals surface area contributed by atoms with Gasteiger partial charge in [0.1, 0.15) is 11.4 Å². The molecule has 6 heteroatoms. The van der Waals surface area contributed by atoms with Crippen molar-refractivity contribution >= 4 is 27.5 Å². The van der Waals surface area contributed by atoms with Crippen LogP contribution in [0.2, 0.25) is 0 Å². The molecule has 0 bridgehead atoms. The van der Waals surface area contributed by atoms with E-state index in [1.807, 2.05) is 10.3 Å². The zero-order chi connectivity index (χ0) is 14.1. The van der Waals surface area contributed by atoms with Crippen LogP contribution in [0.3, 0.4) is 0 Å². The average Bonchev–Trinajstić information content (AvgIpc) is 2.91. The van der Waals surface area contributed by atoms with Crippen molar-refractivity contribution in [1.29, 1.82) is 0 Å². The Hall–Kier alpha value is -1.69. The average molecular weight is 291 g/mol. The predicted molar refractivity (Wildman–Crippen MR) is 78.9 cm³/mol. The van der Waals surface area contributed by atoms with Gasteiger partial charge < -0.3 is 4.90 Å². The monoisotopic (exact) mass is 291 g/mol. The number of piperidine rings is 1. The van der Waals surface area contributed by atoms with Crippen LogP contribution < -0.4 is 5.56 Å². The Morgan fingerprint density at radius 1 is 1.55 bits per heavy atom. The van der Waals surface area contributed by atoms with Gasteiger partial charge in [-0.2, -0.15) is 0 Å². The van der Waals surface area contributed by atoms with E-state index in [9.17, 15) is 9.59 Å². The van der Waals surface area contributed by atoms with Crippen molar-refractivity contribution in [2.75, 3.05) is 13.1 Å². The zero-order valence-electron chi connectivity index (χ0n) is 11.4. The summed E-state index contributed by atoms with van der Waals surface area (Å²) in [5, 5.41) is 2.44. The molecule has 1 amide bonds. The summed E-state index contributed by atoms with van der Waals surface area (Å²) in [6.45, 7) is 3.84. The summed E-state index contributed by atoms with van der Waals surface area (Å²) in [7, 11) is 0. The first kappa shape index (κ1) is 13.3. The van der Waals surface area contributed by atoms with Gasteiger partial charge in [-0.1, -0.05) is 6.92 Å². The van der Waals surface area contributed by atoms with Crippen molar-refractivity contribution in [1.82, 2.24) is 14.5 Å². The van der Waals surface area contributed by atoms with E-state index in [1.165, 1.54) is 28.7 Å². The van der Waals surface area contributed by atoms with Gasteiger partial charge in [0.2, 0.25) is 5.91 Å². The Morgan fingerprint density at radius 2 is 2.40 bits per heavy atom. The molecule has 1 fully saturated rings. The number of rotatable bonds is 2. The number of amides is 1. The van der Waals surface area contributed by atoms with Crippen LogP contribution in [-0.2, 0) is 11.3 Å². The maximum Gasteiger partial charge on any atom is 0.262 e. The van der Waals surface area contributed by atoms with Gasteiger partial charge in [0.05, 0.1) is 11.7 Å². The maximum absolute atomic E-state index is 12.3. The normalized spacial score (nSPS) is 19.4. The molecule has 20 heavy (non-hydrogen) atoms. The molecule has 0 spiro atoms. The zero-order valence-corrected chi connectivity index (χ0v) is 12.2. The van der Waals surface area contributed by atoms with E-state index in [-0.39, 0.29) is 18.0 Å². The first-order valence-electron chi connectivity index (χ1n) is 6.85. The molecule has 3 rings (SSSR count). The summed E-state index contributed by atoms with van der Waals surface area (Å²) in [6, 6.07) is 1.76. The fraction of sp³-hybridized carbons (Fsp3) is 0.500. The lowest BCUT2D eigenvalue weighted by molar-refractivity contribution is -0.133. The molecule has 1 unspecified atom stereocenters. The van der Waals surface area contributed by atoms with Crippen LogP contribution in [0, 0.1) is 5.92 Å². The second kappa shape index (κ2) is 5.36. The smallest absolute Gasteiger partial charge is 0.262 e. The van der Waals surface area contributed by atoms with Crippen LogP contribution in [0.5, 0.6) is 0 Å². The van der Waals surface area contributed by atoms with Gasteiger partial charge >= 0.3 is 0 Å². The maximum atomic E-state index is 12.3. The lowest BCUT2D eigenvalue weighted by Crippen LogP contribution is -2.42. The topological polar surface area (TPSA) is 55.2 Å². The molecule has 106 valence electrons. The molecule has 0 saturated carbocycles. The quantitative estimate of drug-likeness (QED) is 0.846. The molecule has 2 aromatic rings. The Bertz CT molecular complexity index is 691. The van der Waals surface area contributed by atoms with E-state index in [2.05, 4.69) is 11.9 Å². The van der Waals surface area contributed by atoms with Crippen LogP contribution in [0.1, 0.15) is 19.8 Å². The molecular weight excluding hydrogens is 274 g/mol. The Labute approximate surface area is 120 Å². The summed E-state index contributed by atoms with van der Waals surface area (Å²) < 4.78 is 1.41. The Morgan fingerprint density at radius 3 is 3.20 bits per heavy atom. The molecule has 0 aromatic carbocycles. The highest BCUT2D eigenvalue weighted by Gasteiger charge is 2.21. The van der Waals surface area contributed by atoms with Gasteiger partial charge in [-0.05, 0) is 30.2 Å². The van der Waals surface area contributed by atoms with Crippen LogP contribution in [0.25, 0.3) is 10.2 Å². The minimum atomic E-state index is -0.130. The van der Waals surface area contributed by atoms with E-state index in [4.69, 9.17) is 0 Å². The lowest BCUT2D eigenvalue weighted by atomic mass is 10.0. The molecule has 1 atom stereocenters. The van der Waals surface area contributed by atoms with Gasteiger partial charge in [-0.25, -0.2) is 4.98 Å². The van der Waals surface area contributed by atoms with Crippen LogP contribution in [-0.4, -0.2) is 33.4 Å². The molecule has 2 aromatic heterocycles. The highest BCUT2D eigenvalue weighted by Crippen LogP contribution is 2.16. The first-order chi connectivity index (χ1) is 9.65. The number of aromatic nitrogens is 2. The largest absolute Gasteiger partial charge is 0.341 e. The van der Waals surface area contributed by atoms with Gasteiger partial charge in [0, 0.05) is 13.1 Å². The Kier molecular flexibility index (Phi) is 3.56. The molecule has 1 aliphatic heterocycles. The molecule has 1 aliphatic rings.